The molecular formula is C18H24FNO3. The third-order valence-corrected chi connectivity index (χ3v) is 4.80. The standard InChI is InChI=1S/C18H24FNO3/c19-16-2-1-3-17(12-16)23-11-6-14-4-8-20(9-5-14)18(21)15-7-10-22-13-15/h1-3,12,14-15H,4-11,13H2/t15-/m0/s1. The van der Waals surface area contributed by atoms with E-state index in [0.29, 0.717) is 31.5 Å². The van der Waals surface area contributed by atoms with Crippen LogP contribution in [0.5, 0.6) is 5.75 Å². The lowest BCUT2D eigenvalue weighted by atomic mass is 9.93. The molecule has 1 aromatic carbocycles. The molecule has 3 rings (SSSR count). The van der Waals surface area contributed by atoms with E-state index >= 15 is 0 Å². The van der Waals surface area contributed by atoms with Crippen molar-refractivity contribution in [3.05, 3.63) is 30.1 Å². The van der Waals surface area contributed by atoms with E-state index in [1.54, 1.807) is 12.1 Å². The van der Waals surface area contributed by atoms with Gasteiger partial charge in [0.2, 0.25) is 5.91 Å². The molecule has 126 valence electrons. The molecule has 0 aliphatic carbocycles. The minimum absolute atomic E-state index is 0.0721. The molecule has 2 aliphatic heterocycles. The summed E-state index contributed by atoms with van der Waals surface area (Å²) in [6.07, 6.45) is 3.85. The maximum Gasteiger partial charge on any atom is 0.228 e. The van der Waals surface area contributed by atoms with Gasteiger partial charge in [-0.1, -0.05) is 6.07 Å². The lowest BCUT2D eigenvalue weighted by Crippen LogP contribution is -2.42. The number of carbonyl (C=O) groups excluding carboxylic acids is 1. The second-order valence-corrected chi connectivity index (χ2v) is 6.42. The van der Waals surface area contributed by atoms with Gasteiger partial charge in [-0.2, -0.15) is 0 Å². The Labute approximate surface area is 136 Å². The van der Waals surface area contributed by atoms with Gasteiger partial charge in [0, 0.05) is 25.8 Å². The molecule has 1 amide bonds. The number of benzene rings is 1. The minimum atomic E-state index is -0.273. The minimum Gasteiger partial charge on any atom is -0.493 e. The first kappa shape index (κ1) is 16.2. The highest BCUT2D eigenvalue weighted by Crippen LogP contribution is 2.24. The fourth-order valence-corrected chi connectivity index (χ4v) is 3.33. The first-order valence-corrected chi connectivity index (χ1v) is 8.47. The van der Waals surface area contributed by atoms with Crippen LogP contribution in [0.1, 0.15) is 25.7 Å². The number of piperidine rings is 1. The average Bonchev–Trinajstić information content (AvgIpc) is 3.09. The van der Waals surface area contributed by atoms with Crippen LogP contribution in [-0.4, -0.2) is 43.7 Å². The molecule has 0 radical (unpaired) electrons. The summed E-state index contributed by atoms with van der Waals surface area (Å²) in [6, 6.07) is 6.25. The van der Waals surface area contributed by atoms with E-state index in [1.807, 2.05) is 4.90 Å². The van der Waals surface area contributed by atoms with Crippen molar-refractivity contribution in [1.29, 1.82) is 0 Å². The highest BCUT2D eigenvalue weighted by molar-refractivity contribution is 5.79. The van der Waals surface area contributed by atoms with E-state index in [0.717, 1.165) is 38.8 Å². The molecule has 0 N–H and O–H groups in total. The number of amides is 1. The maximum absolute atomic E-state index is 13.1. The number of rotatable bonds is 5. The van der Waals surface area contributed by atoms with Gasteiger partial charge in [-0.15, -0.1) is 0 Å². The molecule has 2 saturated heterocycles. The van der Waals surface area contributed by atoms with Gasteiger partial charge in [-0.25, -0.2) is 4.39 Å². The van der Waals surface area contributed by atoms with Crippen LogP contribution in [0.15, 0.2) is 24.3 Å². The molecule has 0 unspecified atom stereocenters. The summed E-state index contributed by atoms with van der Waals surface area (Å²) in [6.45, 7) is 3.56. The number of hydrogen-bond donors (Lipinski definition) is 0. The number of likely N-dealkylation sites (tertiary alicyclic amines) is 1. The SMILES string of the molecule is O=C([C@H]1CCOC1)N1CCC(CCOc2cccc(F)c2)CC1. The Balaban J connectivity index is 1.36. The van der Waals surface area contributed by atoms with Crippen molar-refractivity contribution in [2.45, 2.75) is 25.7 Å². The van der Waals surface area contributed by atoms with E-state index < -0.39 is 0 Å². The second-order valence-electron chi connectivity index (χ2n) is 6.42. The van der Waals surface area contributed by atoms with Gasteiger partial charge in [0.05, 0.1) is 19.1 Å². The van der Waals surface area contributed by atoms with Gasteiger partial charge >= 0.3 is 0 Å². The predicted molar refractivity (Wildman–Crippen MR) is 84.7 cm³/mol. The summed E-state index contributed by atoms with van der Waals surface area (Å²) in [5.41, 5.74) is 0. The van der Waals surface area contributed by atoms with Crippen LogP contribution in [0.4, 0.5) is 4.39 Å². The van der Waals surface area contributed by atoms with Crippen molar-refractivity contribution in [3.63, 3.8) is 0 Å². The van der Waals surface area contributed by atoms with Crippen molar-refractivity contribution >= 4 is 5.91 Å². The summed E-state index contributed by atoms with van der Waals surface area (Å²) >= 11 is 0. The Bertz CT molecular complexity index is 523. The van der Waals surface area contributed by atoms with Crippen molar-refractivity contribution in [2.75, 3.05) is 32.9 Å². The molecular weight excluding hydrogens is 297 g/mol. The lowest BCUT2D eigenvalue weighted by Gasteiger charge is -2.33. The third kappa shape index (κ3) is 4.44. The van der Waals surface area contributed by atoms with Crippen molar-refractivity contribution < 1.29 is 18.7 Å². The zero-order chi connectivity index (χ0) is 16.1. The van der Waals surface area contributed by atoms with Gasteiger partial charge in [0.1, 0.15) is 11.6 Å². The molecule has 0 bridgehead atoms. The lowest BCUT2D eigenvalue weighted by molar-refractivity contribution is -0.136. The molecule has 0 saturated carbocycles. The average molecular weight is 321 g/mol. The van der Waals surface area contributed by atoms with Crippen LogP contribution in [0.3, 0.4) is 0 Å². The first-order chi connectivity index (χ1) is 11.2. The van der Waals surface area contributed by atoms with E-state index in [2.05, 4.69) is 0 Å². The second kappa shape index (κ2) is 7.77. The number of ether oxygens (including phenoxy) is 2. The fourth-order valence-electron chi connectivity index (χ4n) is 3.33. The zero-order valence-corrected chi connectivity index (χ0v) is 13.4. The smallest absolute Gasteiger partial charge is 0.228 e. The van der Waals surface area contributed by atoms with Crippen LogP contribution in [0.2, 0.25) is 0 Å². The summed E-state index contributed by atoms with van der Waals surface area (Å²) in [7, 11) is 0. The quantitative estimate of drug-likeness (QED) is 0.837. The van der Waals surface area contributed by atoms with Crippen molar-refractivity contribution in [2.24, 2.45) is 11.8 Å². The highest BCUT2D eigenvalue weighted by atomic mass is 19.1. The summed E-state index contributed by atoms with van der Waals surface area (Å²) in [5, 5.41) is 0. The highest BCUT2D eigenvalue weighted by Gasteiger charge is 2.30. The van der Waals surface area contributed by atoms with Crippen LogP contribution in [0, 0.1) is 17.7 Å². The summed E-state index contributed by atoms with van der Waals surface area (Å²) in [4.78, 5) is 14.3. The Morgan fingerprint density at radius 3 is 2.83 bits per heavy atom. The summed E-state index contributed by atoms with van der Waals surface area (Å²) in [5.74, 6) is 1.22. The Morgan fingerprint density at radius 2 is 2.13 bits per heavy atom. The maximum atomic E-state index is 13.1. The molecule has 1 atom stereocenters. The molecule has 2 aliphatic rings. The van der Waals surface area contributed by atoms with Gasteiger partial charge in [-0.3, -0.25) is 4.79 Å². The largest absolute Gasteiger partial charge is 0.493 e. The monoisotopic (exact) mass is 321 g/mol. The zero-order valence-electron chi connectivity index (χ0n) is 13.4. The molecule has 1 aromatic rings. The van der Waals surface area contributed by atoms with Crippen LogP contribution in [-0.2, 0) is 9.53 Å². The van der Waals surface area contributed by atoms with Gasteiger partial charge in [0.25, 0.3) is 0 Å². The van der Waals surface area contributed by atoms with Crippen LogP contribution in [0.25, 0.3) is 0 Å². The molecule has 0 spiro atoms. The molecule has 5 heteroatoms. The number of carbonyl (C=O) groups is 1. The van der Waals surface area contributed by atoms with E-state index in [9.17, 15) is 9.18 Å². The first-order valence-electron chi connectivity index (χ1n) is 8.47. The number of hydrogen-bond acceptors (Lipinski definition) is 3. The summed E-state index contributed by atoms with van der Waals surface area (Å²) < 4.78 is 24.0. The normalized spacial score (nSPS) is 22.3. The Hall–Kier alpha value is -1.62. The Kier molecular flexibility index (Phi) is 5.49. The fraction of sp³-hybridized carbons (Fsp3) is 0.611. The molecule has 23 heavy (non-hydrogen) atoms. The van der Waals surface area contributed by atoms with Crippen LogP contribution >= 0.6 is 0 Å². The van der Waals surface area contributed by atoms with Crippen molar-refractivity contribution in [3.8, 4) is 5.75 Å². The molecule has 4 nitrogen and oxygen atoms in total. The van der Waals surface area contributed by atoms with Gasteiger partial charge in [0.15, 0.2) is 0 Å². The third-order valence-electron chi connectivity index (χ3n) is 4.80. The van der Waals surface area contributed by atoms with E-state index in [1.165, 1.54) is 12.1 Å². The molecule has 2 fully saturated rings. The number of nitrogens with zero attached hydrogens (tertiary/aromatic N) is 1. The topological polar surface area (TPSA) is 38.8 Å². The van der Waals surface area contributed by atoms with E-state index in [4.69, 9.17) is 9.47 Å². The number of halogens is 1. The predicted octanol–water partition coefficient (Wildman–Crippen LogP) is 2.87. The molecule has 0 aromatic heterocycles. The van der Waals surface area contributed by atoms with E-state index in [-0.39, 0.29) is 17.6 Å². The molecule has 2 heterocycles. The van der Waals surface area contributed by atoms with Crippen LogP contribution < -0.4 is 4.74 Å². The van der Waals surface area contributed by atoms with Gasteiger partial charge < -0.3 is 14.4 Å². The van der Waals surface area contributed by atoms with Crippen molar-refractivity contribution in [1.82, 2.24) is 4.90 Å². The van der Waals surface area contributed by atoms with Gasteiger partial charge in [-0.05, 0) is 43.7 Å². The Morgan fingerprint density at radius 1 is 1.30 bits per heavy atom.